The van der Waals surface area contributed by atoms with E-state index >= 15 is 0 Å². The van der Waals surface area contributed by atoms with Crippen molar-refractivity contribution in [2.45, 2.75) is 20.0 Å². The fourth-order valence-corrected chi connectivity index (χ4v) is 1.91. The van der Waals surface area contributed by atoms with Crippen LogP contribution in [0.3, 0.4) is 0 Å². The molecule has 1 aromatic heterocycles. The van der Waals surface area contributed by atoms with Crippen LogP contribution in [0.1, 0.15) is 11.4 Å². The molecule has 0 aliphatic carbocycles. The van der Waals surface area contributed by atoms with Crippen LogP contribution in [0.4, 0.5) is 0 Å². The Morgan fingerprint density at radius 2 is 2.18 bits per heavy atom. The van der Waals surface area contributed by atoms with Crippen molar-refractivity contribution >= 4 is 11.6 Å². The maximum absolute atomic E-state index is 6.07. The van der Waals surface area contributed by atoms with Crippen molar-refractivity contribution in [1.29, 1.82) is 0 Å². The first-order chi connectivity index (χ1) is 8.27. The van der Waals surface area contributed by atoms with Crippen LogP contribution >= 0.6 is 11.6 Å². The van der Waals surface area contributed by atoms with Crippen molar-refractivity contribution in [3.05, 3.63) is 53.1 Å². The van der Waals surface area contributed by atoms with Crippen LogP contribution in [0, 0.1) is 6.92 Å². The van der Waals surface area contributed by atoms with Gasteiger partial charge < -0.3 is 9.88 Å². The van der Waals surface area contributed by atoms with Gasteiger partial charge in [0.15, 0.2) is 0 Å². The van der Waals surface area contributed by atoms with Crippen molar-refractivity contribution in [2.24, 2.45) is 0 Å². The fraction of sp³-hybridized carbons (Fsp3) is 0.308. The van der Waals surface area contributed by atoms with Crippen LogP contribution in [0.5, 0.6) is 0 Å². The first-order valence-electron chi connectivity index (χ1n) is 5.69. The summed E-state index contributed by atoms with van der Waals surface area (Å²) < 4.78 is 2.12. The topological polar surface area (TPSA) is 29.9 Å². The molecule has 1 N–H and O–H groups in total. The van der Waals surface area contributed by atoms with Crippen LogP contribution in [0.2, 0.25) is 5.02 Å². The van der Waals surface area contributed by atoms with Gasteiger partial charge in [0.25, 0.3) is 0 Å². The number of aromatic nitrogens is 2. The van der Waals surface area contributed by atoms with Gasteiger partial charge in [0.05, 0.1) is 0 Å². The molecule has 0 bridgehead atoms. The predicted octanol–water partition coefficient (Wildman–Crippen LogP) is 2.63. The minimum Gasteiger partial charge on any atom is -0.334 e. The minimum atomic E-state index is 0.799. The average molecular weight is 250 g/mol. The van der Waals surface area contributed by atoms with Gasteiger partial charge in [0.2, 0.25) is 0 Å². The molecule has 1 heterocycles. The SMILES string of the molecule is Cc1nccn1CCNCc1ccccc1Cl. The molecule has 0 fully saturated rings. The van der Waals surface area contributed by atoms with E-state index in [1.165, 1.54) is 0 Å². The Morgan fingerprint density at radius 1 is 1.35 bits per heavy atom. The van der Waals surface area contributed by atoms with Gasteiger partial charge in [-0.25, -0.2) is 4.98 Å². The van der Waals surface area contributed by atoms with Crippen molar-refractivity contribution in [1.82, 2.24) is 14.9 Å². The molecule has 0 saturated carbocycles. The maximum atomic E-state index is 6.07. The summed E-state index contributed by atoms with van der Waals surface area (Å²) in [5.74, 6) is 1.05. The zero-order valence-electron chi connectivity index (χ0n) is 9.86. The second-order valence-electron chi connectivity index (χ2n) is 3.94. The number of hydrogen-bond acceptors (Lipinski definition) is 2. The summed E-state index contributed by atoms with van der Waals surface area (Å²) in [6.07, 6.45) is 3.82. The quantitative estimate of drug-likeness (QED) is 0.826. The van der Waals surface area contributed by atoms with E-state index in [0.717, 1.165) is 36.0 Å². The molecule has 17 heavy (non-hydrogen) atoms. The minimum absolute atomic E-state index is 0.799. The molecule has 0 spiro atoms. The van der Waals surface area contributed by atoms with Crippen molar-refractivity contribution < 1.29 is 0 Å². The van der Waals surface area contributed by atoms with E-state index < -0.39 is 0 Å². The predicted molar refractivity (Wildman–Crippen MR) is 70.1 cm³/mol. The Bertz CT molecular complexity index is 479. The molecular weight excluding hydrogens is 234 g/mol. The molecule has 4 heteroatoms. The average Bonchev–Trinajstić information content (AvgIpc) is 2.73. The lowest BCUT2D eigenvalue weighted by Gasteiger charge is -2.08. The molecule has 1 aromatic carbocycles. The van der Waals surface area contributed by atoms with Crippen molar-refractivity contribution in [2.75, 3.05) is 6.54 Å². The van der Waals surface area contributed by atoms with E-state index in [9.17, 15) is 0 Å². The Hall–Kier alpha value is -1.32. The smallest absolute Gasteiger partial charge is 0.105 e. The Balaban J connectivity index is 1.77. The maximum Gasteiger partial charge on any atom is 0.105 e. The number of aryl methyl sites for hydroxylation is 1. The Labute approximate surface area is 106 Å². The van der Waals surface area contributed by atoms with Crippen LogP contribution < -0.4 is 5.32 Å². The van der Waals surface area contributed by atoms with Gasteiger partial charge in [-0.05, 0) is 18.6 Å². The van der Waals surface area contributed by atoms with Crippen LogP contribution in [0.25, 0.3) is 0 Å². The third-order valence-corrected chi connectivity index (χ3v) is 3.10. The molecule has 3 nitrogen and oxygen atoms in total. The van der Waals surface area contributed by atoms with Gasteiger partial charge in [-0.15, -0.1) is 0 Å². The summed E-state index contributed by atoms with van der Waals surface area (Å²) >= 11 is 6.07. The van der Waals surface area contributed by atoms with Crippen molar-refractivity contribution in [3.63, 3.8) is 0 Å². The van der Waals surface area contributed by atoms with Crippen LogP contribution in [-0.4, -0.2) is 16.1 Å². The number of nitrogens with zero attached hydrogens (tertiary/aromatic N) is 2. The van der Waals surface area contributed by atoms with Gasteiger partial charge in [-0.2, -0.15) is 0 Å². The zero-order valence-corrected chi connectivity index (χ0v) is 10.6. The van der Waals surface area contributed by atoms with E-state index in [1.54, 1.807) is 0 Å². The molecule has 0 atom stereocenters. The summed E-state index contributed by atoms with van der Waals surface area (Å²) in [6.45, 7) is 4.64. The number of halogens is 1. The van der Waals surface area contributed by atoms with Gasteiger partial charge in [-0.1, -0.05) is 29.8 Å². The standard InChI is InChI=1S/C13H16ClN3/c1-11-16-7-9-17(11)8-6-15-10-12-4-2-3-5-13(12)14/h2-5,7,9,15H,6,8,10H2,1H3. The van der Waals surface area contributed by atoms with Gasteiger partial charge in [0.1, 0.15) is 5.82 Å². The molecule has 0 radical (unpaired) electrons. The van der Waals surface area contributed by atoms with E-state index in [-0.39, 0.29) is 0 Å². The highest BCUT2D eigenvalue weighted by molar-refractivity contribution is 6.31. The van der Waals surface area contributed by atoms with Gasteiger partial charge >= 0.3 is 0 Å². The number of hydrogen-bond donors (Lipinski definition) is 1. The van der Waals surface area contributed by atoms with Gasteiger partial charge in [0, 0.05) is 37.1 Å². The molecule has 0 amide bonds. The molecule has 0 saturated heterocycles. The first-order valence-corrected chi connectivity index (χ1v) is 6.07. The highest BCUT2D eigenvalue weighted by atomic mass is 35.5. The van der Waals surface area contributed by atoms with Crippen LogP contribution in [-0.2, 0) is 13.1 Å². The highest BCUT2D eigenvalue weighted by Crippen LogP contribution is 2.14. The molecule has 90 valence electrons. The van der Waals surface area contributed by atoms with E-state index in [4.69, 9.17) is 11.6 Å². The molecule has 2 aromatic rings. The number of rotatable bonds is 5. The number of benzene rings is 1. The lowest BCUT2D eigenvalue weighted by Crippen LogP contribution is -2.19. The molecule has 0 unspecified atom stereocenters. The summed E-state index contributed by atoms with van der Waals surface area (Å²) in [5.41, 5.74) is 1.14. The van der Waals surface area contributed by atoms with Gasteiger partial charge in [-0.3, -0.25) is 0 Å². The summed E-state index contributed by atoms with van der Waals surface area (Å²) in [5, 5.41) is 4.19. The lowest BCUT2D eigenvalue weighted by molar-refractivity contribution is 0.588. The molecule has 2 rings (SSSR count). The van der Waals surface area contributed by atoms with Crippen LogP contribution in [0.15, 0.2) is 36.7 Å². The first kappa shape index (κ1) is 12.1. The molecule has 0 aliphatic rings. The monoisotopic (exact) mass is 249 g/mol. The van der Waals surface area contributed by atoms with Crippen molar-refractivity contribution in [3.8, 4) is 0 Å². The fourth-order valence-electron chi connectivity index (χ4n) is 1.70. The third-order valence-electron chi connectivity index (χ3n) is 2.73. The zero-order chi connectivity index (χ0) is 12.1. The third kappa shape index (κ3) is 3.32. The molecule has 0 aliphatic heterocycles. The van der Waals surface area contributed by atoms with E-state index in [0.29, 0.717) is 0 Å². The Kier molecular flexibility index (Phi) is 4.18. The number of nitrogens with one attached hydrogen (secondary N) is 1. The summed E-state index contributed by atoms with van der Waals surface area (Å²) in [6, 6.07) is 7.90. The second kappa shape index (κ2) is 5.84. The Morgan fingerprint density at radius 3 is 2.88 bits per heavy atom. The second-order valence-corrected chi connectivity index (χ2v) is 4.34. The summed E-state index contributed by atoms with van der Waals surface area (Å²) in [7, 11) is 0. The normalized spacial score (nSPS) is 10.7. The highest BCUT2D eigenvalue weighted by Gasteiger charge is 1.99. The van der Waals surface area contributed by atoms with E-state index in [2.05, 4.69) is 14.9 Å². The molecular formula is C13H16ClN3. The lowest BCUT2D eigenvalue weighted by atomic mass is 10.2. The van der Waals surface area contributed by atoms with E-state index in [1.807, 2.05) is 43.6 Å². The summed E-state index contributed by atoms with van der Waals surface area (Å²) in [4.78, 5) is 4.18. The largest absolute Gasteiger partial charge is 0.334 e. The number of imidazole rings is 1.